The molecule has 1 spiro atoms. The van der Waals surface area contributed by atoms with E-state index in [0.29, 0.717) is 0 Å². The number of hydrogen-bond acceptors (Lipinski definition) is 0. The average Bonchev–Trinajstić information content (AvgIpc) is 2.65. The summed E-state index contributed by atoms with van der Waals surface area (Å²) in [6, 6.07) is 0. The fraction of sp³-hybridized carbons (Fsp3) is 0.818. The van der Waals surface area contributed by atoms with Crippen molar-refractivity contribution in [1.82, 2.24) is 0 Å². The third kappa shape index (κ3) is 2.26. The van der Waals surface area contributed by atoms with Crippen LogP contribution in [0.1, 0.15) is 32.1 Å². The minimum absolute atomic E-state index is 0. The molecule has 13 heavy (non-hydrogen) atoms. The van der Waals surface area contributed by atoms with Crippen LogP contribution in [0.4, 0.5) is 0 Å². The van der Waals surface area contributed by atoms with Crippen LogP contribution < -0.4 is 17.3 Å². The van der Waals surface area contributed by atoms with Gasteiger partial charge in [-0.1, -0.05) is 19.4 Å². The number of rotatable bonds is 2. The Labute approximate surface area is 87.6 Å². The highest BCUT2D eigenvalue weighted by Crippen LogP contribution is 2.41. The summed E-state index contributed by atoms with van der Waals surface area (Å²) in [5.74, 6) is 0. The van der Waals surface area contributed by atoms with E-state index in [9.17, 15) is 0 Å². The Balaban J connectivity index is 0.000000845. The summed E-state index contributed by atoms with van der Waals surface area (Å²) < 4.78 is 0. The van der Waals surface area contributed by atoms with Crippen molar-refractivity contribution >= 4 is 0 Å². The number of nitrogens with one attached hydrogen (secondary N) is 1. The second-order valence-electron chi connectivity index (χ2n) is 4.63. The van der Waals surface area contributed by atoms with E-state index in [0.717, 1.165) is 5.41 Å². The summed E-state index contributed by atoms with van der Waals surface area (Å²) in [6.07, 6.45) is 9.55. The van der Waals surface area contributed by atoms with E-state index in [1.54, 1.807) is 4.90 Å². The molecule has 1 unspecified atom stereocenters. The minimum atomic E-state index is 0. The van der Waals surface area contributed by atoms with Gasteiger partial charge in [0, 0.05) is 11.8 Å². The fourth-order valence-corrected chi connectivity index (χ4v) is 3.08. The number of halogens is 1. The second-order valence-corrected chi connectivity index (χ2v) is 4.63. The molecule has 0 amide bonds. The van der Waals surface area contributed by atoms with Gasteiger partial charge in [-0.3, -0.25) is 0 Å². The third-order valence-electron chi connectivity index (χ3n) is 3.73. The van der Waals surface area contributed by atoms with Crippen LogP contribution in [0.25, 0.3) is 0 Å². The monoisotopic (exact) mass is 201 g/mol. The predicted molar refractivity (Wildman–Crippen MR) is 51.3 cm³/mol. The first kappa shape index (κ1) is 11.1. The molecule has 1 nitrogen and oxygen atoms in total. The van der Waals surface area contributed by atoms with Crippen LogP contribution in [-0.4, -0.2) is 19.6 Å². The molecule has 76 valence electrons. The van der Waals surface area contributed by atoms with Crippen LogP contribution in [0.15, 0.2) is 12.7 Å². The fourth-order valence-electron chi connectivity index (χ4n) is 3.08. The van der Waals surface area contributed by atoms with Crippen molar-refractivity contribution in [2.75, 3.05) is 19.6 Å². The zero-order chi connectivity index (χ0) is 8.44. The molecule has 1 aliphatic heterocycles. The van der Waals surface area contributed by atoms with Gasteiger partial charge in [-0.15, -0.1) is 0 Å². The van der Waals surface area contributed by atoms with Gasteiger partial charge in [-0.25, -0.2) is 0 Å². The summed E-state index contributed by atoms with van der Waals surface area (Å²) in [6.45, 7) is 7.83. The van der Waals surface area contributed by atoms with Crippen molar-refractivity contribution in [3.05, 3.63) is 12.7 Å². The average molecular weight is 202 g/mol. The van der Waals surface area contributed by atoms with Crippen LogP contribution >= 0.6 is 0 Å². The highest BCUT2D eigenvalue weighted by molar-refractivity contribution is 4.87. The second kappa shape index (κ2) is 4.47. The SMILES string of the molecule is C=CC[NH+]1CCC2(CCCC2)C1.[Cl-]. The quantitative estimate of drug-likeness (QED) is 0.495. The van der Waals surface area contributed by atoms with Crippen LogP contribution in [0.2, 0.25) is 0 Å². The lowest BCUT2D eigenvalue weighted by Crippen LogP contribution is -3.10. The first-order valence-corrected chi connectivity index (χ1v) is 5.29. The van der Waals surface area contributed by atoms with Crippen molar-refractivity contribution in [3.8, 4) is 0 Å². The van der Waals surface area contributed by atoms with Crippen LogP contribution in [0, 0.1) is 5.41 Å². The maximum atomic E-state index is 3.82. The summed E-state index contributed by atoms with van der Waals surface area (Å²) in [5.41, 5.74) is 0.776. The van der Waals surface area contributed by atoms with Crippen molar-refractivity contribution in [2.24, 2.45) is 5.41 Å². The lowest BCUT2D eigenvalue weighted by molar-refractivity contribution is -0.884. The Hall–Kier alpha value is -0.0100. The van der Waals surface area contributed by atoms with Gasteiger partial charge in [0.25, 0.3) is 0 Å². The lowest BCUT2D eigenvalue weighted by atomic mass is 9.86. The van der Waals surface area contributed by atoms with Crippen LogP contribution in [-0.2, 0) is 0 Å². The number of hydrogen-bond donors (Lipinski definition) is 1. The van der Waals surface area contributed by atoms with E-state index >= 15 is 0 Å². The first-order valence-electron chi connectivity index (χ1n) is 5.29. The maximum Gasteiger partial charge on any atom is 0.0955 e. The van der Waals surface area contributed by atoms with Gasteiger partial charge < -0.3 is 17.3 Å². The Kier molecular flexibility index (Phi) is 3.81. The highest BCUT2D eigenvalue weighted by Gasteiger charge is 2.42. The third-order valence-corrected chi connectivity index (χ3v) is 3.73. The molecule has 0 aromatic heterocycles. The Bertz CT molecular complexity index is 173. The zero-order valence-electron chi connectivity index (χ0n) is 8.32. The molecule has 1 N–H and O–H groups in total. The van der Waals surface area contributed by atoms with Gasteiger partial charge in [0.05, 0.1) is 19.6 Å². The number of likely N-dealkylation sites (tertiary alicyclic amines) is 1. The van der Waals surface area contributed by atoms with Crippen molar-refractivity contribution in [2.45, 2.75) is 32.1 Å². The molecule has 1 atom stereocenters. The van der Waals surface area contributed by atoms with Crippen LogP contribution in [0.5, 0.6) is 0 Å². The van der Waals surface area contributed by atoms with Crippen LogP contribution in [0.3, 0.4) is 0 Å². The smallest absolute Gasteiger partial charge is 0.0955 e. The zero-order valence-corrected chi connectivity index (χ0v) is 9.08. The molecular formula is C11H20ClN. The molecule has 1 saturated carbocycles. The van der Waals surface area contributed by atoms with Crippen molar-refractivity contribution in [3.63, 3.8) is 0 Å². The Morgan fingerprint density at radius 2 is 1.92 bits per heavy atom. The van der Waals surface area contributed by atoms with E-state index in [1.165, 1.54) is 51.7 Å². The Morgan fingerprint density at radius 1 is 1.23 bits per heavy atom. The van der Waals surface area contributed by atoms with Crippen molar-refractivity contribution < 1.29 is 17.3 Å². The minimum Gasteiger partial charge on any atom is -1.00 e. The molecule has 1 heterocycles. The van der Waals surface area contributed by atoms with Crippen molar-refractivity contribution in [1.29, 1.82) is 0 Å². The van der Waals surface area contributed by atoms with E-state index < -0.39 is 0 Å². The normalized spacial score (nSPS) is 30.3. The standard InChI is InChI=1S/C11H19N.ClH/c1-2-8-12-9-7-11(10-12)5-3-4-6-11;/h2H,1,3-10H2;1H. The van der Waals surface area contributed by atoms with E-state index in [-0.39, 0.29) is 12.4 Å². The van der Waals surface area contributed by atoms with Gasteiger partial charge in [0.15, 0.2) is 0 Å². The summed E-state index contributed by atoms with van der Waals surface area (Å²) in [5, 5.41) is 0. The summed E-state index contributed by atoms with van der Waals surface area (Å²) in [4.78, 5) is 1.77. The van der Waals surface area contributed by atoms with Gasteiger partial charge in [0.1, 0.15) is 0 Å². The topological polar surface area (TPSA) is 4.44 Å². The molecule has 0 aromatic rings. The number of quaternary nitrogens is 1. The molecule has 2 rings (SSSR count). The summed E-state index contributed by atoms with van der Waals surface area (Å²) >= 11 is 0. The molecule has 2 fully saturated rings. The maximum absolute atomic E-state index is 3.82. The highest BCUT2D eigenvalue weighted by atomic mass is 35.5. The van der Waals surface area contributed by atoms with E-state index in [4.69, 9.17) is 0 Å². The van der Waals surface area contributed by atoms with E-state index in [2.05, 4.69) is 12.7 Å². The molecule has 0 bridgehead atoms. The van der Waals surface area contributed by atoms with Gasteiger partial charge in [0.2, 0.25) is 0 Å². The largest absolute Gasteiger partial charge is 1.00 e. The lowest BCUT2D eigenvalue weighted by Gasteiger charge is -2.19. The molecule has 2 aliphatic rings. The molecule has 2 heteroatoms. The van der Waals surface area contributed by atoms with E-state index in [1.807, 2.05) is 0 Å². The molecule has 1 saturated heterocycles. The van der Waals surface area contributed by atoms with Gasteiger partial charge in [-0.05, 0) is 18.9 Å². The predicted octanol–water partition coefficient (Wildman–Crippen LogP) is -1.97. The molecule has 0 aromatic carbocycles. The Morgan fingerprint density at radius 3 is 2.54 bits per heavy atom. The molecular weight excluding hydrogens is 182 g/mol. The summed E-state index contributed by atoms with van der Waals surface area (Å²) in [7, 11) is 0. The first-order chi connectivity index (χ1) is 5.85. The van der Waals surface area contributed by atoms with Gasteiger partial charge in [-0.2, -0.15) is 0 Å². The molecule has 1 aliphatic carbocycles. The molecule has 0 radical (unpaired) electrons. The van der Waals surface area contributed by atoms with Gasteiger partial charge >= 0.3 is 0 Å².